The van der Waals surface area contributed by atoms with Crippen molar-refractivity contribution in [3.63, 3.8) is 0 Å². The molecule has 6 atom stereocenters. The number of urea groups is 1. The number of aliphatic hydroxyl groups excluding tert-OH is 1. The van der Waals surface area contributed by atoms with Gasteiger partial charge in [-0.15, -0.1) is 0 Å². The molecular weight excluding hydrogens is 458 g/mol. The lowest BCUT2D eigenvalue weighted by Crippen LogP contribution is -2.64. The van der Waals surface area contributed by atoms with Crippen LogP contribution in [0.5, 0.6) is 0 Å². The number of carbonyl (C=O) groups is 3. The van der Waals surface area contributed by atoms with E-state index in [2.05, 4.69) is 28.1 Å². The first kappa shape index (κ1) is 26.4. The Kier molecular flexibility index (Phi) is 8.85. The highest BCUT2D eigenvalue weighted by molar-refractivity contribution is 5.82. The van der Waals surface area contributed by atoms with E-state index in [1.54, 1.807) is 18.9 Å². The molecule has 3 fully saturated rings. The minimum Gasteiger partial charge on any atom is -0.376 e. The monoisotopic (exact) mass is 499 g/mol. The summed E-state index contributed by atoms with van der Waals surface area (Å²) < 4.78 is 0. The van der Waals surface area contributed by atoms with Crippen molar-refractivity contribution in [1.82, 2.24) is 25.8 Å². The minimum absolute atomic E-state index is 0.0412. The quantitative estimate of drug-likeness (QED) is 0.494. The molecule has 36 heavy (non-hydrogen) atoms. The number of nitrogens with one attached hydrogen (secondary N) is 3. The normalized spacial score (nSPS) is 31.0. The van der Waals surface area contributed by atoms with Crippen molar-refractivity contribution in [2.75, 3.05) is 20.1 Å². The van der Waals surface area contributed by atoms with Crippen LogP contribution in [-0.4, -0.2) is 83.3 Å². The number of aliphatic hydroxyl groups is 1. The van der Waals surface area contributed by atoms with Crippen LogP contribution in [0.4, 0.5) is 4.79 Å². The fourth-order valence-corrected chi connectivity index (χ4v) is 6.25. The molecule has 0 bridgehead atoms. The predicted octanol–water partition coefficient (Wildman–Crippen LogP) is 1.92. The molecule has 2 aliphatic heterocycles. The highest BCUT2D eigenvalue weighted by Crippen LogP contribution is 2.35. The highest BCUT2D eigenvalue weighted by atomic mass is 16.3. The molecule has 4 rings (SSSR count). The Morgan fingerprint density at radius 1 is 0.972 bits per heavy atom. The zero-order valence-electron chi connectivity index (χ0n) is 21.5. The maximum atomic E-state index is 13.7. The van der Waals surface area contributed by atoms with Crippen molar-refractivity contribution in [1.29, 1.82) is 0 Å². The van der Waals surface area contributed by atoms with E-state index < -0.39 is 18.3 Å². The average Bonchev–Trinajstić information content (AvgIpc) is 3.33. The molecule has 0 spiro atoms. The van der Waals surface area contributed by atoms with Gasteiger partial charge in [-0.25, -0.2) is 4.79 Å². The second-order valence-electron chi connectivity index (χ2n) is 10.3. The largest absolute Gasteiger partial charge is 0.376 e. The third-order valence-corrected chi connectivity index (χ3v) is 8.16. The van der Waals surface area contributed by atoms with Gasteiger partial charge in [-0.1, -0.05) is 50.1 Å². The molecule has 2 unspecified atom stereocenters. The van der Waals surface area contributed by atoms with Gasteiger partial charge in [0, 0.05) is 44.6 Å². The summed E-state index contributed by atoms with van der Waals surface area (Å²) in [7, 11) is 1.58. The van der Waals surface area contributed by atoms with E-state index in [1.165, 1.54) is 5.56 Å². The van der Waals surface area contributed by atoms with Gasteiger partial charge in [-0.05, 0) is 37.7 Å². The summed E-state index contributed by atoms with van der Waals surface area (Å²) >= 11 is 0. The topological polar surface area (TPSA) is 114 Å². The Balaban J connectivity index is 1.51. The van der Waals surface area contributed by atoms with E-state index >= 15 is 0 Å². The van der Waals surface area contributed by atoms with Crippen molar-refractivity contribution in [3.05, 3.63) is 35.9 Å². The predicted molar refractivity (Wildman–Crippen MR) is 137 cm³/mol. The Morgan fingerprint density at radius 3 is 2.44 bits per heavy atom. The second kappa shape index (κ2) is 12.1. The maximum Gasteiger partial charge on any atom is 0.317 e. The summed E-state index contributed by atoms with van der Waals surface area (Å²) in [5.74, 6) is 0.0471. The zero-order valence-corrected chi connectivity index (χ0v) is 21.5. The van der Waals surface area contributed by atoms with E-state index in [4.69, 9.17) is 0 Å². The molecule has 198 valence electrons. The van der Waals surface area contributed by atoms with Crippen LogP contribution in [0.15, 0.2) is 30.3 Å². The van der Waals surface area contributed by atoms with Gasteiger partial charge in [0.2, 0.25) is 11.8 Å². The fraction of sp³-hybridized carbons (Fsp3) is 0.667. The Hall–Kier alpha value is -2.65. The summed E-state index contributed by atoms with van der Waals surface area (Å²) in [5.41, 5.74) is 1.26. The first-order valence-electron chi connectivity index (χ1n) is 13.5. The molecule has 2 heterocycles. The number of fused-ring (bicyclic) bond motifs is 1. The molecule has 1 aliphatic carbocycles. The Labute approximate surface area is 214 Å². The van der Waals surface area contributed by atoms with Crippen molar-refractivity contribution < 1.29 is 19.5 Å². The van der Waals surface area contributed by atoms with Crippen molar-refractivity contribution in [2.45, 2.75) is 94.6 Å². The first-order chi connectivity index (χ1) is 17.4. The molecule has 4 N–H and O–H groups in total. The third kappa shape index (κ3) is 5.83. The summed E-state index contributed by atoms with van der Waals surface area (Å²) in [4.78, 5) is 41.9. The zero-order chi connectivity index (χ0) is 25.7. The number of hydrogen-bond acceptors (Lipinski definition) is 5. The maximum absolute atomic E-state index is 13.7. The van der Waals surface area contributed by atoms with Gasteiger partial charge in [0.05, 0.1) is 12.1 Å². The van der Waals surface area contributed by atoms with Crippen LogP contribution in [0.2, 0.25) is 0 Å². The summed E-state index contributed by atoms with van der Waals surface area (Å²) in [6.07, 6.45) is 5.53. The smallest absolute Gasteiger partial charge is 0.317 e. The number of carbonyl (C=O) groups excluding carboxylic acids is 3. The molecule has 0 radical (unpaired) electrons. The fourth-order valence-electron chi connectivity index (χ4n) is 6.25. The molecule has 1 aromatic carbocycles. The lowest BCUT2D eigenvalue weighted by Gasteiger charge is -2.43. The second-order valence-corrected chi connectivity index (χ2v) is 10.3. The summed E-state index contributed by atoms with van der Waals surface area (Å²) in [6.45, 7) is 2.44. The number of hydrogen-bond donors (Lipinski definition) is 4. The van der Waals surface area contributed by atoms with E-state index in [0.717, 1.165) is 32.1 Å². The van der Waals surface area contributed by atoms with Crippen LogP contribution in [-0.2, 0) is 9.59 Å². The van der Waals surface area contributed by atoms with Gasteiger partial charge in [-0.3, -0.25) is 14.5 Å². The lowest BCUT2D eigenvalue weighted by atomic mass is 9.80. The van der Waals surface area contributed by atoms with Gasteiger partial charge in [0.1, 0.15) is 6.23 Å². The standard InChI is InChI=1S/C27H41N5O4/c1-3-24(33)29-22-17-31(27(36)28-2)16-15-19-13-14-23(32(19)26(22)35)25(34)30-21-12-8-7-11-20(21)18-9-5-4-6-10-18/h4-6,9-10,19-23,26,35H,3,7-8,11-17H2,1-2H3,(H,28,36)(H,29,33)(H,30,34)/t19-,20+,21-,22+,23?,26?/m1/s1. The molecule has 1 saturated carbocycles. The Bertz CT molecular complexity index is 913. The average molecular weight is 500 g/mol. The molecule has 9 heteroatoms. The minimum atomic E-state index is -1.06. The van der Waals surface area contributed by atoms with Gasteiger partial charge >= 0.3 is 6.03 Å². The van der Waals surface area contributed by atoms with Gasteiger partial charge in [-0.2, -0.15) is 0 Å². The van der Waals surface area contributed by atoms with E-state index in [9.17, 15) is 19.5 Å². The van der Waals surface area contributed by atoms with Crippen molar-refractivity contribution >= 4 is 17.8 Å². The molecule has 3 aliphatic rings. The van der Waals surface area contributed by atoms with Crippen LogP contribution in [0.25, 0.3) is 0 Å². The van der Waals surface area contributed by atoms with Crippen LogP contribution in [0.1, 0.15) is 69.8 Å². The molecule has 4 amide bonds. The van der Waals surface area contributed by atoms with Crippen LogP contribution < -0.4 is 16.0 Å². The number of rotatable bonds is 5. The third-order valence-electron chi connectivity index (χ3n) is 8.16. The molecular formula is C27H41N5O4. The van der Waals surface area contributed by atoms with Gasteiger partial charge < -0.3 is 26.0 Å². The van der Waals surface area contributed by atoms with E-state index in [1.807, 2.05) is 23.1 Å². The van der Waals surface area contributed by atoms with E-state index in [0.29, 0.717) is 19.4 Å². The highest BCUT2D eigenvalue weighted by Gasteiger charge is 2.46. The molecule has 0 aromatic heterocycles. The van der Waals surface area contributed by atoms with Crippen molar-refractivity contribution in [2.24, 2.45) is 0 Å². The summed E-state index contributed by atoms with van der Waals surface area (Å²) in [6, 6.07) is 9.04. The number of benzene rings is 1. The van der Waals surface area contributed by atoms with Crippen LogP contribution in [0, 0.1) is 0 Å². The molecule has 9 nitrogen and oxygen atoms in total. The van der Waals surface area contributed by atoms with Crippen LogP contribution in [0.3, 0.4) is 0 Å². The number of amides is 4. The van der Waals surface area contributed by atoms with Crippen molar-refractivity contribution in [3.8, 4) is 0 Å². The van der Waals surface area contributed by atoms with Gasteiger partial charge in [0.15, 0.2) is 0 Å². The van der Waals surface area contributed by atoms with Gasteiger partial charge in [0.25, 0.3) is 0 Å². The number of nitrogens with zero attached hydrogens (tertiary/aromatic N) is 2. The molecule has 2 saturated heterocycles. The first-order valence-corrected chi connectivity index (χ1v) is 13.5. The SMILES string of the molecule is CCC(=O)N[C@H]1CN(C(=O)NC)CC[C@H]2CCC(C(=O)N[C@@H]3CCCC[C@H]3c3ccccc3)N2C1O. The summed E-state index contributed by atoms with van der Waals surface area (Å²) in [5, 5.41) is 20.4. The molecule has 1 aromatic rings. The van der Waals surface area contributed by atoms with Crippen LogP contribution >= 0.6 is 0 Å². The van der Waals surface area contributed by atoms with E-state index in [-0.39, 0.29) is 48.8 Å². The Morgan fingerprint density at radius 2 is 1.72 bits per heavy atom. The lowest BCUT2D eigenvalue weighted by molar-refractivity contribution is -0.136.